The van der Waals surface area contributed by atoms with Gasteiger partial charge in [-0.2, -0.15) is 0 Å². The normalized spacial score (nSPS) is 12.5. The van der Waals surface area contributed by atoms with Gasteiger partial charge in [0.1, 0.15) is 0 Å². The van der Waals surface area contributed by atoms with Crippen molar-refractivity contribution in [2.24, 2.45) is 5.73 Å². The van der Waals surface area contributed by atoms with Crippen molar-refractivity contribution < 1.29 is 4.74 Å². The van der Waals surface area contributed by atoms with Crippen molar-refractivity contribution in [3.05, 3.63) is 52.0 Å². The van der Waals surface area contributed by atoms with E-state index in [1.807, 2.05) is 18.2 Å². The summed E-state index contributed by atoms with van der Waals surface area (Å²) >= 11 is 1.71. The number of nitrogens with zero attached hydrogens (tertiary/aromatic N) is 1. The molecule has 2 aromatic rings. The van der Waals surface area contributed by atoms with Crippen LogP contribution in [0, 0.1) is 0 Å². The first-order chi connectivity index (χ1) is 9.29. The van der Waals surface area contributed by atoms with Crippen LogP contribution in [0.2, 0.25) is 0 Å². The number of aromatic nitrogens is 1. The second-order valence-electron chi connectivity index (χ2n) is 4.55. The molecule has 0 aliphatic carbocycles. The third-order valence-corrected chi connectivity index (χ3v) is 3.95. The van der Waals surface area contributed by atoms with Crippen molar-refractivity contribution in [3.8, 4) is 0 Å². The van der Waals surface area contributed by atoms with Crippen molar-refractivity contribution >= 4 is 11.3 Å². The van der Waals surface area contributed by atoms with Crippen LogP contribution in [-0.2, 0) is 17.6 Å². The molecule has 4 heteroatoms. The summed E-state index contributed by atoms with van der Waals surface area (Å²) in [6.07, 6.45) is 2.80. The molecule has 2 N–H and O–H groups in total. The van der Waals surface area contributed by atoms with Gasteiger partial charge in [0.25, 0.3) is 0 Å². The van der Waals surface area contributed by atoms with Crippen LogP contribution in [-0.4, -0.2) is 18.7 Å². The van der Waals surface area contributed by atoms with E-state index in [0.717, 1.165) is 37.1 Å². The second kappa shape index (κ2) is 7.38. The summed E-state index contributed by atoms with van der Waals surface area (Å²) in [4.78, 5) is 4.63. The Morgan fingerprint density at radius 1 is 1.32 bits per heavy atom. The van der Waals surface area contributed by atoms with Gasteiger partial charge in [-0.3, -0.25) is 0 Å². The van der Waals surface area contributed by atoms with E-state index in [0.29, 0.717) is 0 Å². The van der Waals surface area contributed by atoms with Crippen LogP contribution in [0.15, 0.2) is 35.7 Å². The highest BCUT2D eigenvalue weighted by Gasteiger charge is 2.09. The molecule has 0 bridgehead atoms. The minimum atomic E-state index is 0.0233. The number of nitrogens with two attached hydrogens (primary N) is 1. The molecule has 0 aliphatic heterocycles. The summed E-state index contributed by atoms with van der Waals surface area (Å²) in [5.41, 5.74) is 8.46. The standard InChI is InChI=1S/C15H20N2OS/c1-18-9-5-8-15-17-13(11-19-15)10-14(16)12-6-3-2-4-7-12/h2-4,6-7,11,14H,5,8-10,16H2,1H3. The molecule has 0 amide bonds. The van der Waals surface area contributed by atoms with E-state index < -0.39 is 0 Å². The Hall–Kier alpha value is -1.23. The van der Waals surface area contributed by atoms with Crippen molar-refractivity contribution in [1.29, 1.82) is 0 Å². The highest BCUT2D eigenvalue weighted by molar-refractivity contribution is 7.09. The summed E-state index contributed by atoms with van der Waals surface area (Å²) in [5, 5.41) is 3.29. The monoisotopic (exact) mass is 276 g/mol. The van der Waals surface area contributed by atoms with E-state index in [-0.39, 0.29) is 6.04 Å². The first-order valence-electron chi connectivity index (χ1n) is 6.52. The van der Waals surface area contributed by atoms with E-state index in [1.54, 1.807) is 18.4 Å². The van der Waals surface area contributed by atoms with Crippen LogP contribution in [0.4, 0.5) is 0 Å². The van der Waals surface area contributed by atoms with Crippen LogP contribution in [0.5, 0.6) is 0 Å². The fourth-order valence-electron chi connectivity index (χ4n) is 1.97. The summed E-state index contributed by atoms with van der Waals surface area (Å²) < 4.78 is 5.05. The van der Waals surface area contributed by atoms with Crippen LogP contribution >= 0.6 is 11.3 Å². The fourth-order valence-corrected chi connectivity index (χ4v) is 2.82. The number of ether oxygens (including phenoxy) is 1. The Kier molecular flexibility index (Phi) is 5.51. The number of methoxy groups -OCH3 is 1. The predicted molar refractivity (Wildman–Crippen MR) is 79.4 cm³/mol. The Morgan fingerprint density at radius 2 is 2.11 bits per heavy atom. The Bertz CT molecular complexity index is 484. The first kappa shape index (κ1) is 14.2. The lowest BCUT2D eigenvalue weighted by atomic mass is 10.0. The van der Waals surface area contributed by atoms with E-state index >= 15 is 0 Å². The van der Waals surface area contributed by atoms with Crippen LogP contribution in [0.1, 0.15) is 28.7 Å². The molecule has 1 unspecified atom stereocenters. The third kappa shape index (κ3) is 4.42. The molecule has 0 saturated carbocycles. The molecule has 3 nitrogen and oxygen atoms in total. The van der Waals surface area contributed by atoms with Crippen molar-refractivity contribution in [2.45, 2.75) is 25.3 Å². The Labute approximate surface area is 118 Å². The van der Waals surface area contributed by atoms with Gasteiger partial charge in [0, 0.05) is 38.0 Å². The molecule has 0 fully saturated rings. The lowest BCUT2D eigenvalue weighted by Gasteiger charge is -2.09. The van der Waals surface area contributed by atoms with Gasteiger partial charge in [-0.25, -0.2) is 4.98 Å². The van der Waals surface area contributed by atoms with E-state index in [9.17, 15) is 0 Å². The zero-order valence-electron chi connectivity index (χ0n) is 11.2. The second-order valence-corrected chi connectivity index (χ2v) is 5.49. The fraction of sp³-hybridized carbons (Fsp3) is 0.400. The largest absolute Gasteiger partial charge is 0.385 e. The van der Waals surface area contributed by atoms with Gasteiger partial charge < -0.3 is 10.5 Å². The SMILES string of the molecule is COCCCc1nc(CC(N)c2ccccc2)cs1. The molecule has 0 aliphatic rings. The zero-order valence-corrected chi connectivity index (χ0v) is 12.0. The molecule has 1 aromatic carbocycles. The maximum Gasteiger partial charge on any atom is 0.0929 e. The maximum absolute atomic E-state index is 6.20. The Morgan fingerprint density at radius 3 is 2.84 bits per heavy atom. The molecular weight excluding hydrogens is 256 g/mol. The topological polar surface area (TPSA) is 48.1 Å². The van der Waals surface area contributed by atoms with Crippen LogP contribution in [0.3, 0.4) is 0 Å². The summed E-state index contributed by atoms with van der Waals surface area (Å²) in [5.74, 6) is 0. The molecular formula is C15H20N2OS. The van der Waals surface area contributed by atoms with Crippen LogP contribution < -0.4 is 5.73 Å². The molecule has 1 heterocycles. The molecule has 19 heavy (non-hydrogen) atoms. The van der Waals surface area contributed by atoms with Gasteiger partial charge in [-0.1, -0.05) is 30.3 Å². The number of thiazole rings is 1. The number of aryl methyl sites for hydroxylation is 1. The van der Waals surface area contributed by atoms with Crippen molar-refractivity contribution in [2.75, 3.05) is 13.7 Å². The molecule has 0 spiro atoms. The number of rotatable bonds is 7. The average molecular weight is 276 g/mol. The molecule has 1 atom stereocenters. The third-order valence-electron chi connectivity index (χ3n) is 3.00. The molecule has 0 radical (unpaired) electrons. The average Bonchev–Trinajstić information content (AvgIpc) is 2.88. The summed E-state index contributed by atoms with van der Waals surface area (Å²) in [7, 11) is 1.73. The summed E-state index contributed by atoms with van der Waals surface area (Å²) in [6, 6.07) is 10.2. The summed E-state index contributed by atoms with van der Waals surface area (Å²) in [6.45, 7) is 0.790. The predicted octanol–water partition coefficient (Wildman–Crippen LogP) is 2.96. The van der Waals surface area contributed by atoms with E-state index in [1.165, 1.54) is 5.01 Å². The zero-order chi connectivity index (χ0) is 13.5. The maximum atomic E-state index is 6.20. The molecule has 102 valence electrons. The van der Waals surface area contributed by atoms with E-state index in [4.69, 9.17) is 10.5 Å². The van der Waals surface area contributed by atoms with Gasteiger partial charge in [-0.05, 0) is 12.0 Å². The number of hydrogen-bond acceptors (Lipinski definition) is 4. The van der Waals surface area contributed by atoms with Crippen LogP contribution in [0.25, 0.3) is 0 Å². The van der Waals surface area contributed by atoms with Gasteiger partial charge in [-0.15, -0.1) is 11.3 Å². The van der Waals surface area contributed by atoms with Crippen molar-refractivity contribution in [3.63, 3.8) is 0 Å². The Balaban J connectivity index is 1.89. The first-order valence-corrected chi connectivity index (χ1v) is 7.40. The minimum Gasteiger partial charge on any atom is -0.385 e. The minimum absolute atomic E-state index is 0.0233. The van der Waals surface area contributed by atoms with Gasteiger partial charge in [0.2, 0.25) is 0 Å². The highest BCUT2D eigenvalue weighted by Crippen LogP contribution is 2.18. The van der Waals surface area contributed by atoms with Crippen molar-refractivity contribution in [1.82, 2.24) is 4.98 Å². The lowest BCUT2D eigenvalue weighted by molar-refractivity contribution is 0.195. The van der Waals surface area contributed by atoms with Gasteiger partial charge in [0.15, 0.2) is 0 Å². The molecule has 0 saturated heterocycles. The smallest absolute Gasteiger partial charge is 0.0929 e. The van der Waals surface area contributed by atoms with Gasteiger partial charge in [0.05, 0.1) is 10.7 Å². The molecule has 2 rings (SSSR count). The number of hydrogen-bond donors (Lipinski definition) is 1. The highest BCUT2D eigenvalue weighted by atomic mass is 32.1. The quantitative estimate of drug-likeness (QED) is 0.791. The lowest BCUT2D eigenvalue weighted by Crippen LogP contribution is -2.13. The number of benzene rings is 1. The van der Waals surface area contributed by atoms with Gasteiger partial charge >= 0.3 is 0 Å². The van der Waals surface area contributed by atoms with E-state index in [2.05, 4.69) is 22.5 Å². The molecule has 1 aromatic heterocycles.